The summed E-state index contributed by atoms with van der Waals surface area (Å²) in [6.45, 7) is -0.865. The van der Waals surface area contributed by atoms with Gasteiger partial charge in [0.05, 0.1) is 26.7 Å². The van der Waals surface area contributed by atoms with Gasteiger partial charge in [0.25, 0.3) is 26.1 Å². The number of aromatic nitrogens is 2. The van der Waals surface area contributed by atoms with E-state index in [9.17, 15) is 41.7 Å². The van der Waals surface area contributed by atoms with Crippen molar-refractivity contribution in [2.24, 2.45) is 5.10 Å². The summed E-state index contributed by atoms with van der Waals surface area (Å²) in [4.78, 5) is 23.9. The zero-order valence-electron chi connectivity index (χ0n) is 20.3. The van der Waals surface area contributed by atoms with Crippen molar-refractivity contribution in [1.29, 1.82) is 0 Å². The minimum atomic E-state index is -4.50. The van der Waals surface area contributed by atoms with Gasteiger partial charge in [-0.05, 0) is 60.7 Å². The zero-order chi connectivity index (χ0) is 30.1. The third-order valence-corrected chi connectivity index (χ3v) is 7.16. The summed E-state index contributed by atoms with van der Waals surface area (Å²) in [7, 11) is -8.98. The van der Waals surface area contributed by atoms with Crippen molar-refractivity contribution in [2.45, 2.75) is 9.79 Å². The maximum atomic E-state index is 13.0. The van der Waals surface area contributed by atoms with Crippen LogP contribution in [0.5, 0.6) is 5.88 Å². The molecule has 0 saturated heterocycles. The summed E-state index contributed by atoms with van der Waals surface area (Å²) in [6.07, 6.45) is 3.42. The Morgan fingerprint density at radius 1 is 0.927 bits per heavy atom. The van der Waals surface area contributed by atoms with Crippen molar-refractivity contribution in [2.75, 3.05) is 11.8 Å². The van der Waals surface area contributed by atoms with E-state index in [0.717, 1.165) is 46.1 Å². The molecule has 0 saturated carbocycles. The molecular weight excluding hydrogens is 588 g/mol. The number of aliphatic hydroxyl groups is 1. The fourth-order valence-corrected chi connectivity index (χ4v) is 4.51. The van der Waals surface area contributed by atoms with Gasteiger partial charge in [0.15, 0.2) is 12.5 Å². The molecule has 2 heterocycles. The lowest BCUT2D eigenvalue weighted by Crippen LogP contribution is -2.21. The molecule has 0 aliphatic carbocycles. The number of allylic oxidation sites excluding steroid dienone is 2. The van der Waals surface area contributed by atoms with Crippen LogP contribution >= 0.6 is 0 Å². The average Bonchev–Trinajstić information content (AvgIpc) is 3.40. The molecule has 1 aliphatic heterocycles. The van der Waals surface area contributed by atoms with E-state index in [2.05, 4.69) is 10.2 Å². The predicted octanol–water partition coefficient (Wildman–Crippen LogP) is 1.04. The Balaban J connectivity index is 1.67. The number of benzene rings is 2. The van der Waals surface area contributed by atoms with Crippen LogP contribution in [0.3, 0.4) is 0 Å². The maximum absolute atomic E-state index is 13.0. The summed E-state index contributed by atoms with van der Waals surface area (Å²) < 4.78 is 69.1. The first-order valence-corrected chi connectivity index (χ1v) is 13.9. The van der Waals surface area contributed by atoms with Crippen LogP contribution in [0.4, 0.5) is 5.69 Å². The van der Waals surface area contributed by atoms with Crippen LogP contribution in [-0.2, 0) is 29.8 Å². The number of hydrazone groups is 1. The standard InChI is InChI=1S/C23H18N4O12S2/c28-12-39-20-18(22(30)27(25-20)14-6-10-16(11-7-14)41(36,37)38)3-1-2-17-19(23(31)32)24-26(21(17)29)13-4-8-15(9-5-13)40(33,34)35/h1-11,28-29H,12H2,(H,31,32)(H,33,34,35)(H,36,37,38). The summed E-state index contributed by atoms with van der Waals surface area (Å²) in [6, 6.07) is 8.81. The number of ether oxygens (including phenoxy) is 1. The van der Waals surface area contributed by atoms with Crippen LogP contribution in [0.15, 0.2) is 81.1 Å². The Labute approximate surface area is 230 Å². The number of carboxylic acid groups (broad SMARTS) is 1. The van der Waals surface area contributed by atoms with E-state index in [-0.39, 0.29) is 28.4 Å². The molecule has 1 amide bonds. The molecule has 0 radical (unpaired) electrons. The highest BCUT2D eigenvalue weighted by Gasteiger charge is 2.32. The number of nitrogens with zero attached hydrogens (tertiary/aromatic N) is 4. The minimum absolute atomic E-state index is 0.0581. The lowest BCUT2D eigenvalue weighted by Gasteiger charge is -2.11. The number of anilines is 1. The van der Waals surface area contributed by atoms with Gasteiger partial charge in [0.2, 0.25) is 11.8 Å². The van der Waals surface area contributed by atoms with E-state index in [1.54, 1.807) is 0 Å². The molecule has 4 rings (SSSR count). The number of hydrogen-bond donors (Lipinski definition) is 5. The van der Waals surface area contributed by atoms with Crippen molar-refractivity contribution in [3.63, 3.8) is 0 Å². The average molecular weight is 607 g/mol. The number of carbonyl (C=O) groups is 2. The quantitative estimate of drug-likeness (QED) is 0.137. The smallest absolute Gasteiger partial charge is 0.357 e. The van der Waals surface area contributed by atoms with Gasteiger partial charge in [0.1, 0.15) is 5.57 Å². The number of carbonyl (C=O) groups excluding carboxylic acids is 1. The normalized spacial score (nSPS) is 15.1. The Morgan fingerprint density at radius 3 is 1.95 bits per heavy atom. The van der Waals surface area contributed by atoms with Crippen LogP contribution < -0.4 is 5.01 Å². The van der Waals surface area contributed by atoms with Crippen molar-refractivity contribution in [3.05, 3.63) is 77.5 Å². The van der Waals surface area contributed by atoms with Gasteiger partial charge in [-0.1, -0.05) is 6.08 Å². The molecule has 18 heteroatoms. The van der Waals surface area contributed by atoms with E-state index in [4.69, 9.17) is 13.8 Å². The maximum Gasteiger partial charge on any atom is 0.357 e. The largest absolute Gasteiger partial charge is 0.493 e. The number of aromatic carboxylic acids is 1. The Morgan fingerprint density at radius 2 is 1.46 bits per heavy atom. The number of aliphatic hydroxyl groups excluding tert-OH is 1. The van der Waals surface area contributed by atoms with Crippen LogP contribution in [0.2, 0.25) is 0 Å². The van der Waals surface area contributed by atoms with Crippen molar-refractivity contribution >= 4 is 49.8 Å². The fraction of sp³-hybridized carbons (Fsp3) is 0.0435. The SMILES string of the molecule is O=C(O)c1nn(-c2ccc(S(=O)(=O)O)cc2)c(O)c1C=CC=C1C(=O)N(c2ccc(S(=O)(=O)O)cc2)N=C1OCO. The molecule has 0 unspecified atom stereocenters. The van der Waals surface area contributed by atoms with Crippen LogP contribution in [0, 0.1) is 0 Å². The lowest BCUT2D eigenvalue weighted by molar-refractivity contribution is -0.114. The Bertz CT molecular complexity index is 1840. The van der Waals surface area contributed by atoms with Gasteiger partial charge >= 0.3 is 5.97 Å². The minimum Gasteiger partial charge on any atom is -0.493 e. The predicted molar refractivity (Wildman–Crippen MR) is 138 cm³/mol. The lowest BCUT2D eigenvalue weighted by atomic mass is 10.1. The number of aromatic hydroxyl groups is 1. The molecule has 41 heavy (non-hydrogen) atoms. The number of carboxylic acids is 1. The molecule has 1 aromatic heterocycles. The number of amides is 1. The van der Waals surface area contributed by atoms with Gasteiger partial charge in [-0.3, -0.25) is 13.9 Å². The van der Waals surface area contributed by atoms with Gasteiger partial charge in [-0.25, -0.2) is 4.79 Å². The number of hydrogen-bond acceptors (Lipinski definition) is 11. The first kappa shape index (κ1) is 29.1. The first-order valence-electron chi connectivity index (χ1n) is 11.0. The van der Waals surface area contributed by atoms with Gasteiger partial charge in [-0.15, -0.1) is 5.10 Å². The molecule has 1 aliphatic rings. The molecular formula is C23H18N4O12S2. The fourth-order valence-electron chi connectivity index (χ4n) is 3.55. The summed E-state index contributed by atoms with van der Waals surface area (Å²) in [5.74, 6) is -3.30. The summed E-state index contributed by atoms with van der Waals surface area (Å²) in [5, 5.41) is 38.0. The molecule has 0 atom stereocenters. The molecule has 5 N–H and O–H groups in total. The highest BCUT2D eigenvalue weighted by molar-refractivity contribution is 7.86. The monoisotopic (exact) mass is 606 g/mol. The second-order valence-electron chi connectivity index (χ2n) is 7.98. The molecule has 0 fully saturated rings. The third kappa shape index (κ3) is 6.00. The second-order valence-corrected chi connectivity index (χ2v) is 10.8. The van der Waals surface area contributed by atoms with Gasteiger partial charge in [0, 0.05) is 0 Å². The third-order valence-electron chi connectivity index (χ3n) is 5.43. The first-order chi connectivity index (χ1) is 19.2. The van der Waals surface area contributed by atoms with E-state index < -0.39 is 60.3 Å². The zero-order valence-corrected chi connectivity index (χ0v) is 21.9. The van der Waals surface area contributed by atoms with Crippen LogP contribution in [0.25, 0.3) is 11.8 Å². The van der Waals surface area contributed by atoms with E-state index in [1.165, 1.54) is 30.3 Å². The molecule has 0 spiro atoms. The molecule has 214 valence electrons. The molecule has 2 aromatic carbocycles. The second kappa shape index (κ2) is 10.9. The summed E-state index contributed by atoms with van der Waals surface area (Å²) >= 11 is 0. The van der Waals surface area contributed by atoms with Crippen LogP contribution in [0.1, 0.15) is 16.1 Å². The summed E-state index contributed by atoms with van der Waals surface area (Å²) in [5.41, 5.74) is -0.963. The van der Waals surface area contributed by atoms with E-state index in [1.807, 2.05) is 0 Å². The molecule has 3 aromatic rings. The van der Waals surface area contributed by atoms with Crippen molar-refractivity contribution < 1.29 is 55.6 Å². The van der Waals surface area contributed by atoms with E-state index >= 15 is 0 Å². The molecule has 0 bridgehead atoms. The molecule has 16 nitrogen and oxygen atoms in total. The van der Waals surface area contributed by atoms with Crippen molar-refractivity contribution in [1.82, 2.24) is 9.78 Å². The topological polar surface area (TPSA) is 246 Å². The highest BCUT2D eigenvalue weighted by Crippen LogP contribution is 2.29. The Hall–Kier alpha value is -4.88. The van der Waals surface area contributed by atoms with E-state index in [0.29, 0.717) is 0 Å². The highest BCUT2D eigenvalue weighted by atomic mass is 32.2. The van der Waals surface area contributed by atoms with Gasteiger partial charge in [-0.2, -0.15) is 31.6 Å². The van der Waals surface area contributed by atoms with Gasteiger partial charge < -0.3 is 20.1 Å². The number of rotatable bonds is 8. The van der Waals surface area contributed by atoms with Crippen molar-refractivity contribution in [3.8, 4) is 11.6 Å². The van der Waals surface area contributed by atoms with Crippen LogP contribution in [-0.4, -0.2) is 75.6 Å². The Kier molecular flexibility index (Phi) is 7.77.